The van der Waals surface area contributed by atoms with Gasteiger partial charge >= 0.3 is 0 Å². The van der Waals surface area contributed by atoms with Crippen LogP contribution < -0.4 is 11.1 Å². The zero-order valence-electron chi connectivity index (χ0n) is 10.2. The van der Waals surface area contributed by atoms with Gasteiger partial charge < -0.3 is 15.5 Å². The fourth-order valence-corrected chi connectivity index (χ4v) is 1.48. The Morgan fingerprint density at radius 1 is 1.50 bits per heavy atom. The lowest BCUT2D eigenvalue weighted by atomic mass is 10.2. The van der Waals surface area contributed by atoms with Crippen molar-refractivity contribution in [2.45, 2.75) is 20.4 Å². The number of hydrogen-bond acceptors (Lipinski definition) is 5. The van der Waals surface area contributed by atoms with E-state index >= 15 is 0 Å². The number of aromatic nitrogens is 2. The van der Waals surface area contributed by atoms with E-state index in [1.165, 1.54) is 12.4 Å². The maximum atomic E-state index is 11.8. The van der Waals surface area contributed by atoms with Crippen LogP contribution in [0.5, 0.6) is 0 Å². The third-order valence-electron chi connectivity index (χ3n) is 2.57. The van der Waals surface area contributed by atoms with Gasteiger partial charge in [-0.25, -0.2) is 4.98 Å². The second-order valence-corrected chi connectivity index (χ2v) is 3.89. The average Bonchev–Trinajstić information content (AvgIpc) is 2.66. The number of nitrogens with one attached hydrogen (secondary N) is 1. The van der Waals surface area contributed by atoms with Gasteiger partial charge in [-0.3, -0.25) is 9.78 Å². The van der Waals surface area contributed by atoms with Crippen molar-refractivity contribution in [2.24, 2.45) is 0 Å². The topological polar surface area (TPSA) is 94.0 Å². The Morgan fingerprint density at radius 2 is 2.28 bits per heavy atom. The molecule has 0 fully saturated rings. The highest BCUT2D eigenvalue weighted by Gasteiger charge is 2.11. The van der Waals surface area contributed by atoms with E-state index in [1.807, 2.05) is 13.8 Å². The monoisotopic (exact) mass is 246 g/mol. The van der Waals surface area contributed by atoms with E-state index in [2.05, 4.69) is 15.3 Å². The molecule has 18 heavy (non-hydrogen) atoms. The first-order chi connectivity index (χ1) is 8.58. The van der Waals surface area contributed by atoms with Gasteiger partial charge in [0.15, 0.2) is 0 Å². The summed E-state index contributed by atoms with van der Waals surface area (Å²) in [6, 6.07) is 1.57. The van der Waals surface area contributed by atoms with Gasteiger partial charge in [0, 0.05) is 6.20 Å². The Labute approximate surface area is 104 Å². The van der Waals surface area contributed by atoms with Crippen molar-refractivity contribution in [1.82, 2.24) is 15.3 Å². The number of nitrogen functional groups attached to an aromatic ring is 1. The molecule has 0 saturated carbocycles. The van der Waals surface area contributed by atoms with Crippen LogP contribution in [0.3, 0.4) is 0 Å². The fourth-order valence-electron chi connectivity index (χ4n) is 1.48. The van der Waals surface area contributed by atoms with Crippen molar-refractivity contribution in [3.05, 3.63) is 41.4 Å². The van der Waals surface area contributed by atoms with Gasteiger partial charge in [-0.2, -0.15) is 0 Å². The van der Waals surface area contributed by atoms with E-state index in [1.54, 1.807) is 6.07 Å². The number of nitrogens with zero attached hydrogens (tertiary/aromatic N) is 2. The average molecular weight is 246 g/mol. The molecule has 2 rings (SSSR count). The summed E-state index contributed by atoms with van der Waals surface area (Å²) in [7, 11) is 0. The van der Waals surface area contributed by atoms with Gasteiger partial charge in [-0.1, -0.05) is 0 Å². The summed E-state index contributed by atoms with van der Waals surface area (Å²) in [6.45, 7) is 3.91. The normalized spacial score (nSPS) is 10.3. The molecule has 0 atom stereocenters. The third kappa shape index (κ3) is 2.48. The number of amides is 1. The maximum absolute atomic E-state index is 11.8. The van der Waals surface area contributed by atoms with E-state index in [-0.39, 0.29) is 12.5 Å². The molecule has 0 aliphatic heterocycles. The minimum absolute atomic E-state index is 0.231. The number of carbonyl (C=O) groups is 1. The molecule has 1 amide bonds. The SMILES string of the molecule is Cc1nc(CNC(=O)c2ccncc2N)oc1C. The van der Waals surface area contributed by atoms with Gasteiger partial charge in [0.25, 0.3) is 5.91 Å². The van der Waals surface area contributed by atoms with Crippen molar-refractivity contribution in [2.75, 3.05) is 5.73 Å². The van der Waals surface area contributed by atoms with Crippen LogP contribution in [0.2, 0.25) is 0 Å². The number of hydrogen-bond donors (Lipinski definition) is 2. The first-order valence-corrected chi connectivity index (χ1v) is 5.48. The number of pyridine rings is 1. The highest BCUT2D eigenvalue weighted by atomic mass is 16.4. The molecule has 0 unspecified atom stereocenters. The number of anilines is 1. The van der Waals surface area contributed by atoms with Crippen LogP contribution in [0.25, 0.3) is 0 Å². The molecule has 2 heterocycles. The number of oxazole rings is 1. The van der Waals surface area contributed by atoms with Crippen LogP contribution in [0.15, 0.2) is 22.9 Å². The second-order valence-electron chi connectivity index (χ2n) is 3.89. The van der Waals surface area contributed by atoms with E-state index < -0.39 is 0 Å². The lowest BCUT2D eigenvalue weighted by molar-refractivity contribution is 0.0948. The molecule has 0 radical (unpaired) electrons. The van der Waals surface area contributed by atoms with Gasteiger partial charge in [0.1, 0.15) is 5.76 Å². The van der Waals surface area contributed by atoms with Crippen molar-refractivity contribution in [3.63, 3.8) is 0 Å². The summed E-state index contributed by atoms with van der Waals surface area (Å²) in [5.74, 6) is 0.956. The predicted octanol–water partition coefficient (Wildman–Crippen LogP) is 1.20. The fraction of sp³-hybridized carbons (Fsp3) is 0.250. The Bertz CT molecular complexity index is 558. The van der Waals surface area contributed by atoms with Crippen LogP contribution in [0, 0.1) is 13.8 Å². The van der Waals surface area contributed by atoms with Gasteiger partial charge in [-0.15, -0.1) is 0 Å². The quantitative estimate of drug-likeness (QED) is 0.848. The largest absolute Gasteiger partial charge is 0.444 e. The highest BCUT2D eigenvalue weighted by Crippen LogP contribution is 2.10. The van der Waals surface area contributed by atoms with Crippen molar-refractivity contribution >= 4 is 11.6 Å². The Hall–Kier alpha value is -2.37. The summed E-state index contributed by atoms with van der Waals surface area (Å²) in [4.78, 5) is 19.8. The molecule has 6 heteroatoms. The smallest absolute Gasteiger partial charge is 0.253 e. The third-order valence-corrected chi connectivity index (χ3v) is 2.57. The molecular weight excluding hydrogens is 232 g/mol. The predicted molar refractivity (Wildman–Crippen MR) is 65.8 cm³/mol. The van der Waals surface area contributed by atoms with Crippen LogP contribution in [-0.2, 0) is 6.54 Å². The van der Waals surface area contributed by atoms with Crippen LogP contribution >= 0.6 is 0 Å². The summed E-state index contributed by atoms with van der Waals surface area (Å²) < 4.78 is 5.36. The number of rotatable bonds is 3. The lowest BCUT2D eigenvalue weighted by Crippen LogP contribution is -2.24. The number of carbonyl (C=O) groups excluding carboxylic acids is 1. The Kier molecular flexibility index (Phi) is 3.27. The molecule has 0 bridgehead atoms. The van der Waals surface area contributed by atoms with Gasteiger partial charge in [-0.05, 0) is 19.9 Å². The van der Waals surface area contributed by atoms with E-state index in [0.29, 0.717) is 17.1 Å². The number of nitrogens with two attached hydrogens (primary N) is 1. The van der Waals surface area contributed by atoms with Crippen molar-refractivity contribution in [3.8, 4) is 0 Å². The molecule has 0 aliphatic rings. The number of aryl methyl sites for hydroxylation is 2. The molecule has 94 valence electrons. The van der Waals surface area contributed by atoms with Gasteiger partial charge in [0.2, 0.25) is 5.89 Å². The molecule has 0 aromatic carbocycles. The lowest BCUT2D eigenvalue weighted by Gasteiger charge is -2.04. The first kappa shape index (κ1) is 12.1. The minimum Gasteiger partial charge on any atom is -0.444 e. The van der Waals surface area contributed by atoms with Crippen LogP contribution in [0.1, 0.15) is 27.7 Å². The van der Waals surface area contributed by atoms with Gasteiger partial charge in [0.05, 0.1) is 29.7 Å². The molecule has 2 aromatic heterocycles. The Morgan fingerprint density at radius 3 is 2.89 bits per heavy atom. The molecule has 3 N–H and O–H groups in total. The molecular formula is C12H14N4O2. The highest BCUT2D eigenvalue weighted by molar-refractivity contribution is 5.98. The molecule has 0 spiro atoms. The van der Waals surface area contributed by atoms with Crippen LogP contribution in [0.4, 0.5) is 5.69 Å². The van der Waals surface area contributed by atoms with E-state index in [0.717, 1.165) is 11.5 Å². The minimum atomic E-state index is -0.275. The molecule has 0 saturated heterocycles. The molecule has 6 nitrogen and oxygen atoms in total. The summed E-state index contributed by atoms with van der Waals surface area (Å²) >= 11 is 0. The first-order valence-electron chi connectivity index (χ1n) is 5.48. The molecule has 2 aromatic rings. The zero-order chi connectivity index (χ0) is 13.1. The Balaban J connectivity index is 2.03. The maximum Gasteiger partial charge on any atom is 0.253 e. The van der Waals surface area contributed by atoms with Crippen molar-refractivity contribution in [1.29, 1.82) is 0 Å². The molecule has 0 aliphatic carbocycles. The van der Waals surface area contributed by atoms with E-state index in [9.17, 15) is 4.79 Å². The standard InChI is InChI=1S/C12H14N4O2/c1-7-8(2)18-11(16-7)6-15-12(17)9-3-4-14-5-10(9)13/h3-5H,6,13H2,1-2H3,(H,15,17). The summed E-state index contributed by atoms with van der Waals surface area (Å²) in [5.41, 5.74) is 7.21. The van der Waals surface area contributed by atoms with Crippen molar-refractivity contribution < 1.29 is 9.21 Å². The summed E-state index contributed by atoms with van der Waals surface area (Å²) in [6.07, 6.45) is 2.96. The van der Waals surface area contributed by atoms with E-state index in [4.69, 9.17) is 10.2 Å². The second kappa shape index (κ2) is 4.87. The van der Waals surface area contributed by atoms with Crippen LogP contribution in [-0.4, -0.2) is 15.9 Å². The summed E-state index contributed by atoms with van der Waals surface area (Å²) in [5, 5.41) is 2.69. The zero-order valence-corrected chi connectivity index (χ0v) is 10.2.